The normalized spacial score (nSPS) is 15.5. The van der Waals surface area contributed by atoms with E-state index >= 15 is 0 Å². The lowest BCUT2D eigenvalue weighted by Crippen LogP contribution is -2.41. The fourth-order valence-corrected chi connectivity index (χ4v) is 1.96. The second-order valence-corrected chi connectivity index (χ2v) is 4.42. The smallest absolute Gasteiger partial charge is 0.227 e. The van der Waals surface area contributed by atoms with Crippen LogP contribution in [0.2, 0.25) is 0 Å². The molecule has 4 nitrogen and oxygen atoms in total. The summed E-state index contributed by atoms with van der Waals surface area (Å²) in [6.07, 6.45) is 0.387. The van der Waals surface area contributed by atoms with Crippen molar-refractivity contribution < 1.29 is 14.3 Å². The van der Waals surface area contributed by atoms with Crippen LogP contribution in [-0.2, 0) is 16.0 Å². The van der Waals surface area contributed by atoms with E-state index < -0.39 is 0 Å². The van der Waals surface area contributed by atoms with E-state index in [0.29, 0.717) is 38.3 Å². The van der Waals surface area contributed by atoms with E-state index in [4.69, 9.17) is 4.74 Å². The summed E-state index contributed by atoms with van der Waals surface area (Å²) >= 11 is 0. The summed E-state index contributed by atoms with van der Waals surface area (Å²) in [4.78, 5) is 24.9. The second-order valence-electron chi connectivity index (χ2n) is 4.42. The van der Waals surface area contributed by atoms with Gasteiger partial charge >= 0.3 is 0 Å². The van der Waals surface area contributed by atoms with Gasteiger partial charge in [0.05, 0.1) is 19.6 Å². The first kappa shape index (κ1) is 12.8. The molecule has 0 saturated carbocycles. The lowest BCUT2D eigenvalue weighted by Gasteiger charge is -2.26. The Morgan fingerprint density at radius 1 is 1.17 bits per heavy atom. The zero-order valence-electron chi connectivity index (χ0n) is 10.5. The Hall–Kier alpha value is -1.68. The highest BCUT2D eigenvalue weighted by Gasteiger charge is 2.16. The summed E-state index contributed by atoms with van der Waals surface area (Å²) < 4.78 is 5.21. The molecular formula is C14H17NO3. The van der Waals surface area contributed by atoms with Gasteiger partial charge in [0.2, 0.25) is 5.91 Å². The zero-order valence-corrected chi connectivity index (χ0v) is 10.5. The number of hydrogen-bond acceptors (Lipinski definition) is 3. The maximum Gasteiger partial charge on any atom is 0.227 e. The molecule has 1 aromatic rings. The van der Waals surface area contributed by atoms with Crippen molar-refractivity contribution in [3.63, 3.8) is 0 Å². The second kappa shape index (κ2) is 5.78. The first-order chi connectivity index (χ1) is 8.66. The fourth-order valence-electron chi connectivity index (χ4n) is 1.96. The molecule has 18 heavy (non-hydrogen) atoms. The van der Waals surface area contributed by atoms with Crippen molar-refractivity contribution in [1.82, 2.24) is 4.90 Å². The van der Waals surface area contributed by atoms with Gasteiger partial charge in [-0.1, -0.05) is 24.3 Å². The number of hydrogen-bond donors (Lipinski definition) is 0. The van der Waals surface area contributed by atoms with Crippen LogP contribution in [0.5, 0.6) is 0 Å². The topological polar surface area (TPSA) is 46.6 Å². The number of carbonyl (C=O) groups is 2. The molecule has 1 amide bonds. The van der Waals surface area contributed by atoms with Gasteiger partial charge in [-0.15, -0.1) is 0 Å². The number of rotatable bonds is 3. The van der Waals surface area contributed by atoms with Crippen LogP contribution in [0.3, 0.4) is 0 Å². The maximum atomic E-state index is 12.0. The number of benzene rings is 1. The Labute approximate surface area is 107 Å². The minimum Gasteiger partial charge on any atom is -0.378 e. The molecule has 0 aliphatic carbocycles. The number of amides is 1. The Kier molecular flexibility index (Phi) is 4.10. The first-order valence-electron chi connectivity index (χ1n) is 6.12. The average Bonchev–Trinajstić information content (AvgIpc) is 2.40. The predicted octanol–water partition coefficient (Wildman–Crippen LogP) is 1.29. The van der Waals surface area contributed by atoms with E-state index in [1.54, 1.807) is 12.1 Å². The van der Waals surface area contributed by atoms with E-state index in [-0.39, 0.29) is 11.7 Å². The molecule has 1 aliphatic heterocycles. The van der Waals surface area contributed by atoms with Crippen LogP contribution in [0.15, 0.2) is 24.3 Å². The van der Waals surface area contributed by atoms with Gasteiger partial charge in [0.1, 0.15) is 0 Å². The van der Waals surface area contributed by atoms with Crippen LogP contribution in [-0.4, -0.2) is 42.9 Å². The zero-order chi connectivity index (χ0) is 13.0. The number of ether oxygens (including phenoxy) is 1. The molecule has 1 saturated heterocycles. The summed E-state index contributed by atoms with van der Waals surface area (Å²) in [5, 5.41) is 0. The molecular weight excluding hydrogens is 230 g/mol. The van der Waals surface area contributed by atoms with Crippen molar-refractivity contribution >= 4 is 11.7 Å². The van der Waals surface area contributed by atoms with Gasteiger partial charge in [-0.05, 0) is 12.5 Å². The third-order valence-electron chi connectivity index (χ3n) is 3.08. The molecule has 0 atom stereocenters. The van der Waals surface area contributed by atoms with Gasteiger partial charge in [0.25, 0.3) is 0 Å². The molecule has 0 radical (unpaired) electrons. The summed E-state index contributed by atoms with van der Waals surface area (Å²) in [7, 11) is 0. The third-order valence-corrected chi connectivity index (χ3v) is 3.08. The van der Waals surface area contributed by atoms with Crippen molar-refractivity contribution in [3.8, 4) is 0 Å². The number of ketones is 1. The van der Waals surface area contributed by atoms with Gasteiger partial charge in [-0.3, -0.25) is 9.59 Å². The minimum absolute atomic E-state index is 0.0426. The van der Waals surface area contributed by atoms with E-state index in [2.05, 4.69) is 0 Å². The van der Waals surface area contributed by atoms with Crippen LogP contribution >= 0.6 is 0 Å². The predicted molar refractivity (Wildman–Crippen MR) is 67.5 cm³/mol. The molecule has 1 aliphatic rings. The molecule has 4 heteroatoms. The lowest BCUT2D eigenvalue weighted by molar-refractivity contribution is -0.134. The highest BCUT2D eigenvalue weighted by atomic mass is 16.5. The van der Waals surface area contributed by atoms with E-state index in [1.807, 2.05) is 17.0 Å². The van der Waals surface area contributed by atoms with Gasteiger partial charge in [0, 0.05) is 18.7 Å². The van der Waals surface area contributed by atoms with E-state index in [0.717, 1.165) is 5.56 Å². The summed E-state index contributed by atoms with van der Waals surface area (Å²) in [6, 6.07) is 7.22. The van der Waals surface area contributed by atoms with Crippen LogP contribution in [0.4, 0.5) is 0 Å². The largest absolute Gasteiger partial charge is 0.378 e. The molecule has 0 N–H and O–H groups in total. The molecule has 0 spiro atoms. The van der Waals surface area contributed by atoms with Gasteiger partial charge in [0.15, 0.2) is 5.78 Å². The Bertz CT molecular complexity index is 433. The summed E-state index contributed by atoms with van der Waals surface area (Å²) in [6.45, 7) is 4.12. The average molecular weight is 247 g/mol. The Balaban J connectivity index is 1.96. The van der Waals surface area contributed by atoms with Gasteiger partial charge in [-0.2, -0.15) is 0 Å². The standard InChI is InChI=1S/C14H17NO3/c1-11(16)13-4-2-12(3-5-13)10-14(17)15-6-8-18-9-7-15/h2-5H,6-10H2,1H3. The van der Waals surface area contributed by atoms with Crippen LogP contribution in [0, 0.1) is 0 Å². The SMILES string of the molecule is CC(=O)c1ccc(CC(=O)N2CCOCC2)cc1. The molecule has 1 fully saturated rings. The van der Waals surface area contributed by atoms with Crippen molar-refractivity contribution in [2.45, 2.75) is 13.3 Å². The molecule has 1 heterocycles. The summed E-state index contributed by atoms with van der Waals surface area (Å²) in [5.41, 5.74) is 1.62. The highest BCUT2D eigenvalue weighted by molar-refractivity contribution is 5.94. The quantitative estimate of drug-likeness (QED) is 0.756. The Morgan fingerprint density at radius 2 is 1.78 bits per heavy atom. The fraction of sp³-hybridized carbons (Fsp3) is 0.429. The van der Waals surface area contributed by atoms with Crippen molar-refractivity contribution in [1.29, 1.82) is 0 Å². The molecule has 0 aromatic heterocycles. The molecule has 96 valence electrons. The first-order valence-corrected chi connectivity index (χ1v) is 6.12. The highest BCUT2D eigenvalue weighted by Crippen LogP contribution is 2.08. The number of Topliss-reactive ketones (excluding diaryl/α,β-unsaturated/α-hetero) is 1. The van der Waals surface area contributed by atoms with Crippen molar-refractivity contribution in [2.24, 2.45) is 0 Å². The Morgan fingerprint density at radius 3 is 2.33 bits per heavy atom. The number of carbonyl (C=O) groups excluding carboxylic acids is 2. The molecule has 0 bridgehead atoms. The summed E-state index contributed by atoms with van der Waals surface area (Å²) in [5.74, 6) is 0.162. The molecule has 1 aromatic carbocycles. The molecule has 2 rings (SSSR count). The van der Waals surface area contributed by atoms with Crippen molar-refractivity contribution in [2.75, 3.05) is 26.3 Å². The van der Waals surface area contributed by atoms with Crippen LogP contribution in [0.1, 0.15) is 22.8 Å². The molecule has 0 unspecified atom stereocenters. The number of morpholine rings is 1. The maximum absolute atomic E-state index is 12.0. The van der Waals surface area contributed by atoms with E-state index in [9.17, 15) is 9.59 Å². The van der Waals surface area contributed by atoms with Gasteiger partial charge < -0.3 is 9.64 Å². The van der Waals surface area contributed by atoms with E-state index in [1.165, 1.54) is 6.92 Å². The third kappa shape index (κ3) is 3.17. The van der Waals surface area contributed by atoms with Crippen molar-refractivity contribution in [3.05, 3.63) is 35.4 Å². The minimum atomic E-state index is 0.0426. The van der Waals surface area contributed by atoms with Crippen LogP contribution < -0.4 is 0 Å². The monoisotopic (exact) mass is 247 g/mol. The van der Waals surface area contributed by atoms with Crippen LogP contribution in [0.25, 0.3) is 0 Å². The number of nitrogens with zero attached hydrogens (tertiary/aromatic N) is 1. The van der Waals surface area contributed by atoms with Gasteiger partial charge in [-0.25, -0.2) is 0 Å². The lowest BCUT2D eigenvalue weighted by atomic mass is 10.1.